The Morgan fingerprint density at radius 2 is 1.92 bits per heavy atom. The average Bonchev–Trinajstić information content (AvgIpc) is 2.01. The molecule has 0 radical (unpaired) electrons. The van der Waals surface area contributed by atoms with Crippen molar-refractivity contribution in [1.82, 2.24) is 10.2 Å². The summed E-state index contributed by atoms with van der Waals surface area (Å²) < 4.78 is 0. The largest absolute Gasteiger partial charge is 0.465 e. The molecule has 2 unspecified atom stereocenters. The number of rotatable bonds is 0. The average molecular weight is 184 g/mol. The second-order valence-corrected chi connectivity index (χ2v) is 3.60. The maximum absolute atomic E-state index is 11.2. The molecule has 0 aromatic rings. The maximum atomic E-state index is 11.2. The minimum atomic E-state index is -0.899. The first-order valence-corrected chi connectivity index (χ1v) is 4.42. The molecule has 1 amide bonds. The number of nitrogens with one attached hydrogen (secondary N) is 1. The van der Waals surface area contributed by atoms with Crippen LogP contribution < -0.4 is 5.32 Å². The van der Waals surface area contributed by atoms with Crippen molar-refractivity contribution in [1.29, 1.82) is 0 Å². The van der Waals surface area contributed by atoms with E-state index in [2.05, 4.69) is 5.32 Å². The molecule has 2 atom stereocenters. The molecule has 2 aliphatic rings. The smallest absolute Gasteiger partial charge is 0.407 e. The number of piperidine rings is 1. The zero-order valence-electron chi connectivity index (χ0n) is 7.19. The van der Waals surface area contributed by atoms with Crippen molar-refractivity contribution in [3.63, 3.8) is 0 Å². The molecule has 2 rings (SSSR count). The number of hydrogen-bond acceptors (Lipinski definition) is 3. The summed E-state index contributed by atoms with van der Waals surface area (Å²) in [5.74, 6) is 0.189. The van der Waals surface area contributed by atoms with Gasteiger partial charge in [0.2, 0.25) is 0 Å². The summed E-state index contributed by atoms with van der Waals surface area (Å²) >= 11 is 0. The summed E-state index contributed by atoms with van der Waals surface area (Å²) in [6, 6.07) is -0.282. The van der Waals surface area contributed by atoms with Gasteiger partial charge in [-0.3, -0.25) is 9.69 Å². The van der Waals surface area contributed by atoms with E-state index in [9.17, 15) is 9.59 Å². The lowest BCUT2D eigenvalue weighted by Gasteiger charge is -2.43. The highest BCUT2D eigenvalue weighted by atomic mass is 16.4. The number of nitrogens with zero attached hydrogens (tertiary/aromatic N) is 1. The van der Waals surface area contributed by atoms with Crippen LogP contribution in [0.3, 0.4) is 0 Å². The fourth-order valence-electron chi connectivity index (χ4n) is 2.17. The fraction of sp³-hybridized carbons (Fsp3) is 0.750. The lowest BCUT2D eigenvalue weighted by Crippen LogP contribution is -2.62. The Hall–Kier alpha value is -1.10. The SMILES string of the molecule is O=C1CC2CNCC(C1)N2C(=O)O. The van der Waals surface area contributed by atoms with Crippen molar-refractivity contribution in [3.8, 4) is 0 Å². The molecule has 2 saturated heterocycles. The van der Waals surface area contributed by atoms with E-state index in [-0.39, 0.29) is 17.9 Å². The monoisotopic (exact) mass is 184 g/mol. The quantitative estimate of drug-likeness (QED) is 0.541. The molecule has 0 aromatic carbocycles. The van der Waals surface area contributed by atoms with Gasteiger partial charge in [0.25, 0.3) is 0 Å². The number of ketones is 1. The number of carboxylic acid groups (broad SMARTS) is 1. The molecular formula is C8H12N2O3. The van der Waals surface area contributed by atoms with Gasteiger partial charge in [0.05, 0.1) is 12.1 Å². The first kappa shape index (κ1) is 8.50. The van der Waals surface area contributed by atoms with E-state index < -0.39 is 6.09 Å². The third-order valence-corrected chi connectivity index (χ3v) is 2.69. The van der Waals surface area contributed by atoms with Gasteiger partial charge in [-0.25, -0.2) is 4.79 Å². The van der Waals surface area contributed by atoms with E-state index in [0.29, 0.717) is 25.9 Å². The highest BCUT2D eigenvalue weighted by Crippen LogP contribution is 2.22. The summed E-state index contributed by atoms with van der Waals surface area (Å²) in [5.41, 5.74) is 0. The van der Waals surface area contributed by atoms with Crippen LogP contribution in [-0.2, 0) is 4.79 Å². The Kier molecular flexibility index (Phi) is 1.95. The molecule has 2 heterocycles. The van der Waals surface area contributed by atoms with Crippen molar-refractivity contribution < 1.29 is 14.7 Å². The molecule has 5 heteroatoms. The van der Waals surface area contributed by atoms with Crippen LogP contribution in [0.15, 0.2) is 0 Å². The highest BCUT2D eigenvalue weighted by Gasteiger charge is 2.40. The number of hydrogen-bond donors (Lipinski definition) is 2. The van der Waals surface area contributed by atoms with Gasteiger partial charge >= 0.3 is 6.09 Å². The van der Waals surface area contributed by atoms with Crippen LogP contribution in [0.5, 0.6) is 0 Å². The Morgan fingerprint density at radius 1 is 1.38 bits per heavy atom. The van der Waals surface area contributed by atoms with Gasteiger partial charge in [0.1, 0.15) is 5.78 Å². The Labute approximate surface area is 75.7 Å². The van der Waals surface area contributed by atoms with Crippen LogP contribution in [0.1, 0.15) is 12.8 Å². The van der Waals surface area contributed by atoms with Crippen molar-refractivity contribution in [2.45, 2.75) is 24.9 Å². The van der Waals surface area contributed by atoms with E-state index >= 15 is 0 Å². The van der Waals surface area contributed by atoms with Crippen LogP contribution in [-0.4, -0.2) is 47.1 Å². The minimum Gasteiger partial charge on any atom is -0.465 e. The highest BCUT2D eigenvalue weighted by molar-refractivity contribution is 5.83. The number of carbonyl (C=O) groups excluding carboxylic acids is 1. The summed E-state index contributed by atoms with van der Waals surface area (Å²) in [4.78, 5) is 23.5. The molecule has 2 fully saturated rings. The van der Waals surface area contributed by atoms with Gasteiger partial charge in [0.15, 0.2) is 0 Å². The molecule has 2 N–H and O–H groups in total. The predicted molar refractivity (Wildman–Crippen MR) is 44.6 cm³/mol. The van der Waals surface area contributed by atoms with E-state index in [0.717, 1.165) is 0 Å². The number of amides is 1. The van der Waals surface area contributed by atoms with Crippen molar-refractivity contribution >= 4 is 11.9 Å². The van der Waals surface area contributed by atoms with Gasteiger partial charge in [-0.1, -0.05) is 0 Å². The van der Waals surface area contributed by atoms with Crippen LogP contribution >= 0.6 is 0 Å². The zero-order chi connectivity index (χ0) is 9.42. The molecular weight excluding hydrogens is 172 g/mol. The summed E-state index contributed by atoms with van der Waals surface area (Å²) in [5, 5.41) is 12.1. The minimum absolute atomic E-state index is 0.141. The molecule has 0 spiro atoms. The first-order valence-electron chi connectivity index (χ1n) is 4.42. The van der Waals surface area contributed by atoms with E-state index in [4.69, 9.17) is 5.11 Å². The summed E-state index contributed by atoms with van der Waals surface area (Å²) in [6.45, 7) is 1.21. The maximum Gasteiger partial charge on any atom is 0.407 e. The second-order valence-electron chi connectivity index (χ2n) is 3.60. The molecule has 0 aliphatic carbocycles. The Morgan fingerprint density at radius 3 is 2.38 bits per heavy atom. The fourth-order valence-corrected chi connectivity index (χ4v) is 2.17. The van der Waals surface area contributed by atoms with Crippen LogP contribution in [0.2, 0.25) is 0 Å². The Balaban J connectivity index is 2.19. The third kappa shape index (κ3) is 1.39. The molecule has 13 heavy (non-hydrogen) atoms. The van der Waals surface area contributed by atoms with E-state index in [1.54, 1.807) is 0 Å². The van der Waals surface area contributed by atoms with Crippen molar-refractivity contribution in [2.24, 2.45) is 0 Å². The van der Waals surface area contributed by atoms with Crippen molar-refractivity contribution in [3.05, 3.63) is 0 Å². The second kappa shape index (κ2) is 2.99. The number of piperazine rings is 1. The molecule has 2 aliphatic heterocycles. The number of fused-ring (bicyclic) bond motifs is 2. The predicted octanol–water partition coefficient (Wildman–Crippen LogP) is -0.330. The molecule has 2 bridgehead atoms. The zero-order valence-corrected chi connectivity index (χ0v) is 7.19. The summed E-state index contributed by atoms with van der Waals surface area (Å²) in [6.07, 6.45) is -0.157. The van der Waals surface area contributed by atoms with E-state index in [1.165, 1.54) is 4.90 Å². The lowest BCUT2D eigenvalue weighted by atomic mass is 9.92. The molecule has 5 nitrogen and oxygen atoms in total. The topological polar surface area (TPSA) is 69.6 Å². The van der Waals surface area contributed by atoms with Gasteiger partial charge in [-0.05, 0) is 0 Å². The molecule has 0 saturated carbocycles. The number of carbonyl (C=O) groups is 2. The number of Topliss-reactive ketones (excluding diaryl/α,β-unsaturated/α-hetero) is 1. The van der Waals surface area contributed by atoms with Crippen LogP contribution in [0.4, 0.5) is 4.79 Å². The van der Waals surface area contributed by atoms with E-state index in [1.807, 2.05) is 0 Å². The van der Waals surface area contributed by atoms with Gasteiger partial charge < -0.3 is 10.4 Å². The molecule has 0 aromatic heterocycles. The lowest BCUT2D eigenvalue weighted by molar-refractivity contribution is -0.125. The summed E-state index contributed by atoms with van der Waals surface area (Å²) in [7, 11) is 0. The standard InChI is InChI=1S/C8H12N2O3/c11-7-1-5-3-9-4-6(2-7)10(5)8(12)13/h5-6,9H,1-4H2,(H,12,13). The third-order valence-electron chi connectivity index (χ3n) is 2.69. The first-order chi connectivity index (χ1) is 6.18. The van der Waals surface area contributed by atoms with Gasteiger partial charge in [0, 0.05) is 25.9 Å². The Bertz CT molecular complexity index is 238. The molecule has 72 valence electrons. The van der Waals surface area contributed by atoms with Crippen LogP contribution in [0, 0.1) is 0 Å². The van der Waals surface area contributed by atoms with Gasteiger partial charge in [-0.15, -0.1) is 0 Å². The van der Waals surface area contributed by atoms with Gasteiger partial charge in [-0.2, -0.15) is 0 Å². The van der Waals surface area contributed by atoms with Crippen LogP contribution in [0.25, 0.3) is 0 Å². The van der Waals surface area contributed by atoms with Crippen molar-refractivity contribution in [2.75, 3.05) is 13.1 Å². The normalized spacial score (nSPS) is 33.2.